The lowest BCUT2D eigenvalue weighted by molar-refractivity contribution is -0.124. The second-order valence-electron chi connectivity index (χ2n) is 7.77. The standard InChI is InChI=1S/C23H29N5O2/c24-14-15-9-11-19(12-10-15)27-23(30)20(16-5-2-1-3-6-16)28-22(29)18-8-4-7-17(13-18)21(25)26/h1-8,13,15,19-20H,9-12,14,24H2,(H3,25,26)(H,27,30)(H,28,29)/t15?,19?,20-/m1/s1. The molecule has 158 valence electrons. The summed E-state index contributed by atoms with van der Waals surface area (Å²) >= 11 is 0. The molecular formula is C23H29N5O2. The van der Waals surface area contributed by atoms with Crippen molar-refractivity contribution < 1.29 is 9.59 Å². The number of amidine groups is 1. The minimum absolute atomic E-state index is 0.0875. The summed E-state index contributed by atoms with van der Waals surface area (Å²) in [5.74, 6) is -0.214. The zero-order valence-corrected chi connectivity index (χ0v) is 16.9. The minimum Gasteiger partial charge on any atom is -0.384 e. The Kier molecular flexibility index (Phi) is 7.19. The SMILES string of the molecule is N=C(N)c1cccc(C(=O)N[C@@H](C(=O)NC2CCC(CN)CC2)c2ccccc2)c1. The van der Waals surface area contributed by atoms with Gasteiger partial charge >= 0.3 is 0 Å². The van der Waals surface area contributed by atoms with E-state index in [9.17, 15) is 9.59 Å². The summed E-state index contributed by atoms with van der Waals surface area (Å²) in [5.41, 5.74) is 12.8. The molecular weight excluding hydrogens is 378 g/mol. The van der Waals surface area contributed by atoms with Crippen LogP contribution in [-0.2, 0) is 4.79 Å². The Labute approximate surface area is 176 Å². The molecule has 0 aromatic heterocycles. The van der Waals surface area contributed by atoms with Crippen LogP contribution in [0.3, 0.4) is 0 Å². The summed E-state index contributed by atoms with van der Waals surface area (Å²) in [6, 6.07) is 15.0. The van der Waals surface area contributed by atoms with Crippen molar-refractivity contribution in [3.8, 4) is 0 Å². The van der Waals surface area contributed by atoms with Crippen LogP contribution < -0.4 is 22.1 Å². The van der Waals surface area contributed by atoms with Crippen LogP contribution in [-0.4, -0.2) is 30.2 Å². The molecule has 2 amide bonds. The maximum Gasteiger partial charge on any atom is 0.252 e. The number of carbonyl (C=O) groups excluding carboxylic acids is 2. The third kappa shape index (κ3) is 5.45. The number of hydrogen-bond acceptors (Lipinski definition) is 4. The number of hydrogen-bond donors (Lipinski definition) is 5. The van der Waals surface area contributed by atoms with Crippen molar-refractivity contribution in [3.05, 3.63) is 71.3 Å². The first-order valence-electron chi connectivity index (χ1n) is 10.3. The molecule has 0 heterocycles. The summed E-state index contributed by atoms with van der Waals surface area (Å²) < 4.78 is 0. The third-order valence-electron chi connectivity index (χ3n) is 5.63. The molecule has 0 radical (unpaired) electrons. The number of rotatable bonds is 7. The van der Waals surface area contributed by atoms with E-state index in [1.54, 1.807) is 24.3 Å². The topological polar surface area (TPSA) is 134 Å². The summed E-state index contributed by atoms with van der Waals surface area (Å²) in [6.45, 7) is 0.683. The van der Waals surface area contributed by atoms with Gasteiger partial charge in [0, 0.05) is 17.2 Å². The van der Waals surface area contributed by atoms with Crippen molar-refractivity contribution in [2.45, 2.75) is 37.8 Å². The first-order valence-corrected chi connectivity index (χ1v) is 10.3. The molecule has 1 aliphatic carbocycles. The predicted molar refractivity (Wildman–Crippen MR) is 117 cm³/mol. The van der Waals surface area contributed by atoms with E-state index in [1.807, 2.05) is 30.3 Å². The van der Waals surface area contributed by atoms with E-state index in [0.717, 1.165) is 25.7 Å². The van der Waals surface area contributed by atoms with Crippen molar-refractivity contribution in [2.75, 3.05) is 6.54 Å². The molecule has 30 heavy (non-hydrogen) atoms. The number of nitrogens with two attached hydrogens (primary N) is 2. The summed E-state index contributed by atoms with van der Waals surface area (Å²) in [4.78, 5) is 26.0. The number of carbonyl (C=O) groups is 2. The van der Waals surface area contributed by atoms with Gasteiger partial charge in [0.05, 0.1) is 0 Å². The molecule has 0 unspecified atom stereocenters. The van der Waals surface area contributed by atoms with Gasteiger partial charge in [0.25, 0.3) is 5.91 Å². The molecule has 0 saturated heterocycles. The molecule has 3 rings (SSSR count). The van der Waals surface area contributed by atoms with Crippen LogP contribution in [0.4, 0.5) is 0 Å². The van der Waals surface area contributed by atoms with Crippen LogP contribution in [0, 0.1) is 11.3 Å². The summed E-state index contributed by atoms with van der Waals surface area (Å²) in [7, 11) is 0. The van der Waals surface area contributed by atoms with Crippen LogP contribution >= 0.6 is 0 Å². The van der Waals surface area contributed by atoms with E-state index >= 15 is 0 Å². The second kappa shape index (κ2) is 10.0. The van der Waals surface area contributed by atoms with E-state index < -0.39 is 11.9 Å². The Morgan fingerprint density at radius 1 is 1.00 bits per heavy atom. The fourth-order valence-electron chi connectivity index (χ4n) is 3.82. The maximum atomic E-state index is 13.1. The molecule has 1 atom stereocenters. The molecule has 1 fully saturated rings. The monoisotopic (exact) mass is 407 g/mol. The first-order chi connectivity index (χ1) is 14.5. The van der Waals surface area contributed by atoms with Crippen LogP contribution in [0.15, 0.2) is 54.6 Å². The number of amides is 2. The molecule has 7 heteroatoms. The highest BCUT2D eigenvalue weighted by Crippen LogP contribution is 2.24. The normalized spacial score (nSPS) is 19.5. The zero-order chi connectivity index (χ0) is 21.5. The fourth-order valence-corrected chi connectivity index (χ4v) is 3.82. The lowest BCUT2D eigenvalue weighted by Gasteiger charge is -2.30. The number of benzene rings is 2. The van der Waals surface area contributed by atoms with Gasteiger partial charge in [-0.05, 0) is 55.8 Å². The molecule has 0 bridgehead atoms. The fraction of sp³-hybridized carbons (Fsp3) is 0.348. The molecule has 1 aliphatic rings. The second-order valence-corrected chi connectivity index (χ2v) is 7.77. The van der Waals surface area contributed by atoms with E-state index in [4.69, 9.17) is 16.9 Å². The Bertz CT molecular complexity index is 891. The van der Waals surface area contributed by atoms with Gasteiger partial charge in [0.1, 0.15) is 11.9 Å². The van der Waals surface area contributed by atoms with Gasteiger partial charge in [0.15, 0.2) is 0 Å². The Balaban J connectivity index is 1.74. The van der Waals surface area contributed by atoms with Crippen LogP contribution in [0.2, 0.25) is 0 Å². The van der Waals surface area contributed by atoms with Gasteiger partial charge in [0.2, 0.25) is 5.91 Å². The first kappa shape index (κ1) is 21.5. The lowest BCUT2D eigenvalue weighted by atomic mass is 9.86. The van der Waals surface area contributed by atoms with Crippen molar-refractivity contribution >= 4 is 17.6 Å². The largest absolute Gasteiger partial charge is 0.384 e. The van der Waals surface area contributed by atoms with E-state index in [-0.39, 0.29) is 17.8 Å². The third-order valence-corrected chi connectivity index (χ3v) is 5.63. The highest BCUT2D eigenvalue weighted by atomic mass is 16.2. The van der Waals surface area contributed by atoms with E-state index in [0.29, 0.717) is 29.2 Å². The quantitative estimate of drug-likeness (QED) is 0.355. The smallest absolute Gasteiger partial charge is 0.252 e. The van der Waals surface area contributed by atoms with Gasteiger partial charge in [-0.1, -0.05) is 42.5 Å². The van der Waals surface area contributed by atoms with Gasteiger partial charge in [-0.3, -0.25) is 15.0 Å². The van der Waals surface area contributed by atoms with Gasteiger partial charge < -0.3 is 22.1 Å². The van der Waals surface area contributed by atoms with Gasteiger partial charge in [-0.25, -0.2) is 0 Å². The Morgan fingerprint density at radius 2 is 1.67 bits per heavy atom. The van der Waals surface area contributed by atoms with Crippen LogP contribution in [0.5, 0.6) is 0 Å². The predicted octanol–water partition coefficient (Wildman–Crippen LogP) is 2.08. The molecule has 1 saturated carbocycles. The molecule has 0 spiro atoms. The van der Waals surface area contributed by atoms with Gasteiger partial charge in [-0.2, -0.15) is 0 Å². The molecule has 2 aromatic rings. The van der Waals surface area contributed by atoms with E-state index in [1.165, 1.54) is 0 Å². The molecule has 7 N–H and O–H groups in total. The maximum absolute atomic E-state index is 13.1. The van der Waals surface area contributed by atoms with Crippen molar-refractivity contribution in [2.24, 2.45) is 17.4 Å². The van der Waals surface area contributed by atoms with Gasteiger partial charge in [-0.15, -0.1) is 0 Å². The van der Waals surface area contributed by atoms with Crippen LogP contribution in [0.1, 0.15) is 53.2 Å². The minimum atomic E-state index is -0.813. The van der Waals surface area contributed by atoms with Crippen molar-refractivity contribution in [1.29, 1.82) is 5.41 Å². The zero-order valence-electron chi connectivity index (χ0n) is 16.9. The average molecular weight is 408 g/mol. The highest BCUT2D eigenvalue weighted by Gasteiger charge is 2.27. The summed E-state index contributed by atoms with van der Waals surface area (Å²) in [6.07, 6.45) is 3.79. The molecule has 7 nitrogen and oxygen atoms in total. The number of nitrogens with one attached hydrogen (secondary N) is 3. The van der Waals surface area contributed by atoms with Crippen LogP contribution in [0.25, 0.3) is 0 Å². The van der Waals surface area contributed by atoms with E-state index in [2.05, 4.69) is 10.6 Å². The average Bonchev–Trinajstić information content (AvgIpc) is 2.78. The Morgan fingerprint density at radius 3 is 2.30 bits per heavy atom. The number of nitrogen functional groups attached to an aromatic ring is 1. The summed E-state index contributed by atoms with van der Waals surface area (Å²) in [5, 5.41) is 13.5. The molecule has 0 aliphatic heterocycles. The van der Waals surface area contributed by atoms with Crippen molar-refractivity contribution in [3.63, 3.8) is 0 Å². The Hall–Kier alpha value is -3.19. The molecule has 2 aromatic carbocycles. The highest BCUT2D eigenvalue weighted by molar-refractivity contribution is 6.01. The van der Waals surface area contributed by atoms with Crippen molar-refractivity contribution in [1.82, 2.24) is 10.6 Å². The lowest BCUT2D eigenvalue weighted by Crippen LogP contribution is -2.45.